The van der Waals surface area contributed by atoms with Crippen LogP contribution in [0.4, 0.5) is 0 Å². The second kappa shape index (κ2) is 6.12. The Kier molecular flexibility index (Phi) is 6.11. The fourth-order valence-corrected chi connectivity index (χ4v) is 0.919. The van der Waals surface area contributed by atoms with Crippen LogP contribution < -0.4 is 5.73 Å². The van der Waals surface area contributed by atoms with Crippen LogP contribution in [0.15, 0.2) is 12.2 Å². The molecule has 1 nitrogen and oxygen atoms in total. The third kappa shape index (κ3) is 5.87. The number of hydrogen-bond donors (Lipinski definition) is 1. The number of allylic oxidation sites excluding steroid dienone is 1. The molecule has 0 heterocycles. The second-order valence-corrected chi connectivity index (χ2v) is 2.53. The molecule has 0 amide bonds. The molecule has 1 unspecified atom stereocenters. The molecule has 0 aliphatic rings. The van der Waals surface area contributed by atoms with Gasteiger partial charge >= 0.3 is 0 Å². The molecule has 0 saturated heterocycles. The monoisotopic (exact) mass is 147 g/mol. The van der Waals surface area contributed by atoms with Crippen molar-refractivity contribution < 1.29 is 0 Å². The highest BCUT2D eigenvalue weighted by Gasteiger charge is 1.93. The van der Waals surface area contributed by atoms with E-state index in [2.05, 4.69) is 6.92 Å². The van der Waals surface area contributed by atoms with Crippen molar-refractivity contribution in [2.24, 2.45) is 5.73 Å². The molecule has 0 radical (unpaired) electrons. The molecule has 2 N–H and O–H groups in total. The molecule has 0 aromatic rings. The predicted molar refractivity (Wildman–Crippen MR) is 42.7 cm³/mol. The van der Waals surface area contributed by atoms with E-state index in [0.29, 0.717) is 6.54 Å². The van der Waals surface area contributed by atoms with Gasteiger partial charge in [-0.15, -0.1) is 11.6 Å². The first kappa shape index (κ1) is 8.99. The highest BCUT2D eigenvalue weighted by atomic mass is 35.5. The van der Waals surface area contributed by atoms with E-state index in [1.165, 1.54) is 0 Å². The lowest BCUT2D eigenvalue weighted by atomic mass is 10.2. The minimum Gasteiger partial charge on any atom is -0.327 e. The van der Waals surface area contributed by atoms with Gasteiger partial charge in [0.2, 0.25) is 0 Å². The van der Waals surface area contributed by atoms with Crippen LogP contribution >= 0.6 is 11.6 Å². The van der Waals surface area contributed by atoms with E-state index in [9.17, 15) is 0 Å². The molecule has 0 aliphatic carbocycles. The summed E-state index contributed by atoms with van der Waals surface area (Å²) in [7, 11) is 0. The zero-order chi connectivity index (χ0) is 7.11. The van der Waals surface area contributed by atoms with E-state index in [4.69, 9.17) is 17.3 Å². The standard InChI is InChI=1S/C7H14ClN/c1-2-4-7(8)5-3-6-9/h3,5,7H,2,4,6,9H2,1H3/b5-3-. The molecule has 0 spiro atoms. The van der Waals surface area contributed by atoms with Gasteiger partial charge in [0.15, 0.2) is 0 Å². The van der Waals surface area contributed by atoms with Crippen molar-refractivity contribution >= 4 is 11.6 Å². The van der Waals surface area contributed by atoms with Crippen LogP contribution in [-0.4, -0.2) is 11.9 Å². The average Bonchev–Trinajstić information content (AvgIpc) is 1.85. The molecule has 0 bridgehead atoms. The topological polar surface area (TPSA) is 26.0 Å². The van der Waals surface area contributed by atoms with Gasteiger partial charge in [0, 0.05) is 6.54 Å². The lowest BCUT2D eigenvalue weighted by molar-refractivity contribution is 0.819. The van der Waals surface area contributed by atoms with E-state index in [0.717, 1.165) is 12.8 Å². The van der Waals surface area contributed by atoms with Gasteiger partial charge in [-0.1, -0.05) is 25.5 Å². The van der Waals surface area contributed by atoms with Crippen molar-refractivity contribution in [1.29, 1.82) is 0 Å². The van der Waals surface area contributed by atoms with E-state index in [1.807, 2.05) is 12.2 Å². The van der Waals surface area contributed by atoms with Crippen molar-refractivity contribution in [2.45, 2.75) is 25.1 Å². The van der Waals surface area contributed by atoms with Crippen LogP contribution in [0.5, 0.6) is 0 Å². The van der Waals surface area contributed by atoms with Gasteiger partial charge in [-0.2, -0.15) is 0 Å². The molecule has 0 aromatic heterocycles. The van der Waals surface area contributed by atoms with Gasteiger partial charge in [-0.25, -0.2) is 0 Å². The van der Waals surface area contributed by atoms with Crippen molar-refractivity contribution in [1.82, 2.24) is 0 Å². The molecule has 0 saturated carbocycles. The molecule has 2 heteroatoms. The van der Waals surface area contributed by atoms with Crippen LogP contribution in [0.25, 0.3) is 0 Å². The first-order valence-corrected chi connectivity index (χ1v) is 3.75. The summed E-state index contributed by atoms with van der Waals surface area (Å²) in [6.07, 6.45) is 6.01. The van der Waals surface area contributed by atoms with Gasteiger partial charge in [-0.05, 0) is 6.42 Å². The predicted octanol–water partition coefficient (Wildman–Crippen LogP) is 1.91. The number of halogens is 1. The molecular weight excluding hydrogens is 134 g/mol. The first-order valence-electron chi connectivity index (χ1n) is 3.32. The van der Waals surface area contributed by atoms with Crippen LogP contribution in [0, 0.1) is 0 Å². The Balaban J connectivity index is 3.25. The average molecular weight is 148 g/mol. The summed E-state index contributed by atoms with van der Waals surface area (Å²) in [6, 6.07) is 0. The molecule has 0 aromatic carbocycles. The molecule has 0 rings (SSSR count). The Bertz CT molecular complexity index is 81.0. The molecule has 54 valence electrons. The summed E-state index contributed by atoms with van der Waals surface area (Å²) in [6.45, 7) is 2.71. The van der Waals surface area contributed by atoms with Gasteiger partial charge in [-0.3, -0.25) is 0 Å². The number of hydrogen-bond acceptors (Lipinski definition) is 1. The Labute approximate surface area is 61.9 Å². The van der Waals surface area contributed by atoms with Gasteiger partial charge in [0.05, 0.1) is 5.38 Å². The maximum atomic E-state index is 5.82. The molecule has 0 aliphatic heterocycles. The fourth-order valence-electron chi connectivity index (χ4n) is 0.598. The zero-order valence-electron chi connectivity index (χ0n) is 5.81. The van der Waals surface area contributed by atoms with Crippen LogP contribution in [-0.2, 0) is 0 Å². The van der Waals surface area contributed by atoms with Crippen LogP contribution in [0.2, 0.25) is 0 Å². The summed E-state index contributed by atoms with van der Waals surface area (Å²) in [5.41, 5.74) is 5.23. The highest BCUT2D eigenvalue weighted by Crippen LogP contribution is 2.05. The van der Waals surface area contributed by atoms with E-state index >= 15 is 0 Å². The Hall–Kier alpha value is -0.0100. The number of nitrogens with two attached hydrogens (primary N) is 1. The van der Waals surface area contributed by atoms with E-state index < -0.39 is 0 Å². The lowest BCUT2D eigenvalue weighted by Gasteiger charge is -1.98. The minimum absolute atomic E-state index is 0.179. The highest BCUT2D eigenvalue weighted by molar-refractivity contribution is 6.21. The van der Waals surface area contributed by atoms with Gasteiger partial charge in [0.25, 0.3) is 0 Å². The lowest BCUT2D eigenvalue weighted by Crippen LogP contribution is -1.96. The maximum absolute atomic E-state index is 5.82. The summed E-state index contributed by atoms with van der Waals surface area (Å²) in [5, 5.41) is 0.179. The number of rotatable bonds is 4. The quantitative estimate of drug-likeness (QED) is 0.477. The van der Waals surface area contributed by atoms with Crippen molar-refractivity contribution in [2.75, 3.05) is 6.54 Å². The Morgan fingerprint density at radius 1 is 1.67 bits per heavy atom. The summed E-state index contributed by atoms with van der Waals surface area (Å²) in [5.74, 6) is 0. The molecule has 9 heavy (non-hydrogen) atoms. The van der Waals surface area contributed by atoms with Crippen molar-refractivity contribution in [3.8, 4) is 0 Å². The van der Waals surface area contributed by atoms with Crippen molar-refractivity contribution in [3.63, 3.8) is 0 Å². The Morgan fingerprint density at radius 3 is 2.78 bits per heavy atom. The molecule has 0 fully saturated rings. The van der Waals surface area contributed by atoms with Crippen molar-refractivity contribution in [3.05, 3.63) is 12.2 Å². The zero-order valence-corrected chi connectivity index (χ0v) is 6.56. The first-order chi connectivity index (χ1) is 4.31. The molecular formula is C7H14ClN. The van der Waals surface area contributed by atoms with E-state index in [1.54, 1.807) is 0 Å². The fraction of sp³-hybridized carbons (Fsp3) is 0.714. The summed E-state index contributed by atoms with van der Waals surface area (Å²) in [4.78, 5) is 0. The summed E-state index contributed by atoms with van der Waals surface area (Å²) >= 11 is 5.82. The van der Waals surface area contributed by atoms with Gasteiger partial charge in [0.1, 0.15) is 0 Å². The van der Waals surface area contributed by atoms with Gasteiger partial charge < -0.3 is 5.73 Å². The third-order valence-corrected chi connectivity index (χ3v) is 1.41. The van der Waals surface area contributed by atoms with E-state index in [-0.39, 0.29) is 5.38 Å². The second-order valence-electron chi connectivity index (χ2n) is 1.97. The largest absolute Gasteiger partial charge is 0.327 e. The summed E-state index contributed by atoms with van der Waals surface area (Å²) < 4.78 is 0. The normalized spacial score (nSPS) is 14.6. The Morgan fingerprint density at radius 2 is 2.33 bits per heavy atom. The maximum Gasteiger partial charge on any atom is 0.0516 e. The van der Waals surface area contributed by atoms with Crippen LogP contribution in [0.3, 0.4) is 0 Å². The van der Waals surface area contributed by atoms with Crippen LogP contribution in [0.1, 0.15) is 19.8 Å². The SMILES string of the molecule is CCCC(Cl)/C=C\CN. The number of alkyl halides is 1. The minimum atomic E-state index is 0.179. The molecule has 1 atom stereocenters. The smallest absolute Gasteiger partial charge is 0.0516 e. The third-order valence-electron chi connectivity index (χ3n) is 1.05.